The molecule has 0 aliphatic heterocycles. The molecule has 1 aromatic carbocycles. The maximum absolute atomic E-state index is 11.0. The molecule has 0 atom stereocenters. The van der Waals surface area contributed by atoms with Crippen molar-refractivity contribution < 1.29 is 19.4 Å². The smallest absolute Gasteiger partial charge is 0.337 e. The molecule has 110 valence electrons. The van der Waals surface area contributed by atoms with E-state index in [9.17, 15) is 4.79 Å². The van der Waals surface area contributed by atoms with Gasteiger partial charge in [-0.25, -0.2) is 9.78 Å². The highest BCUT2D eigenvalue weighted by molar-refractivity contribution is 5.89. The quantitative estimate of drug-likeness (QED) is 0.880. The first-order valence-corrected chi connectivity index (χ1v) is 6.24. The predicted molar refractivity (Wildman–Crippen MR) is 78.8 cm³/mol. The number of carbonyl (C=O) groups is 1. The van der Waals surface area contributed by atoms with Crippen LogP contribution in [0, 0.1) is 6.92 Å². The maximum atomic E-state index is 11.0. The zero-order valence-corrected chi connectivity index (χ0v) is 12.0. The van der Waals surface area contributed by atoms with Crippen molar-refractivity contribution in [2.75, 3.05) is 19.5 Å². The highest BCUT2D eigenvalue weighted by atomic mass is 16.5. The number of aryl methyl sites for hydroxylation is 1. The van der Waals surface area contributed by atoms with Crippen molar-refractivity contribution in [3.05, 3.63) is 41.6 Å². The number of nitrogens with zero attached hydrogens (tertiary/aromatic N) is 1. The number of hydrogen-bond acceptors (Lipinski definition) is 5. The normalized spacial score (nSPS) is 10.0. The Balaban J connectivity index is 2.29. The molecule has 6 nitrogen and oxygen atoms in total. The Labute approximate surface area is 122 Å². The van der Waals surface area contributed by atoms with Gasteiger partial charge in [0.25, 0.3) is 0 Å². The van der Waals surface area contributed by atoms with E-state index in [-0.39, 0.29) is 5.56 Å². The van der Waals surface area contributed by atoms with Gasteiger partial charge < -0.3 is 19.9 Å². The number of anilines is 2. The summed E-state index contributed by atoms with van der Waals surface area (Å²) in [6.07, 6.45) is 0. The lowest BCUT2D eigenvalue weighted by molar-refractivity contribution is 0.0695. The van der Waals surface area contributed by atoms with Gasteiger partial charge in [0, 0.05) is 23.9 Å². The minimum atomic E-state index is -0.991. The maximum Gasteiger partial charge on any atom is 0.337 e. The van der Waals surface area contributed by atoms with E-state index in [1.807, 2.05) is 0 Å². The summed E-state index contributed by atoms with van der Waals surface area (Å²) in [7, 11) is 3.14. The lowest BCUT2D eigenvalue weighted by Gasteiger charge is -2.11. The van der Waals surface area contributed by atoms with Crippen molar-refractivity contribution in [1.29, 1.82) is 0 Å². The third kappa shape index (κ3) is 3.42. The average molecular weight is 288 g/mol. The van der Waals surface area contributed by atoms with Crippen LogP contribution in [0.3, 0.4) is 0 Å². The van der Waals surface area contributed by atoms with Gasteiger partial charge in [-0.05, 0) is 19.1 Å². The number of pyridine rings is 1. The molecule has 2 aromatic rings. The van der Waals surface area contributed by atoms with Gasteiger partial charge in [0.05, 0.1) is 25.5 Å². The number of benzene rings is 1. The van der Waals surface area contributed by atoms with Gasteiger partial charge in [-0.2, -0.15) is 0 Å². The summed E-state index contributed by atoms with van der Waals surface area (Å²) in [5.74, 6) is 0.855. The summed E-state index contributed by atoms with van der Waals surface area (Å²) in [4.78, 5) is 15.2. The Hall–Kier alpha value is -2.76. The molecule has 2 N–H and O–H groups in total. The van der Waals surface area contributed by atoms with E-state index < -0.39 is 5.97 Å². The SMILES string of the molecule is COc1cc(Nc2ccc(C(=O)O)c(C)n2)cc(OC)c1. The summed E-state index contributed by atoms with van der Waals surface area (Å²) >= 11 is 0. The molecular weight excluding hydrogens is 272 g/mol. The first-order chi connectivity index (χ1) is 10.0. The van der Waals surface area contributed by atoms with Crippen molar-refractivity contribution in [2.45, 2.75) is 6.92 Å². The van der Waals surface area contributed by atoms with E-state index in [1.165, 1.54) is 6.07 Å². The van der Waals surface area contributed by atoms with Crippen LogP contribution in [0.1, 0.15) is 16.1 Å². The number of carboxylic acids is 1. The number of nitrogens with one attached hydrogen (secondary N) is 1. The van der Waals surface area contributed by atoms with Crippen LogP contribution < -0.4 is 14.8 Å². The van der Waals surface area contributed by atoms with E-state index in [0.717, 1.165) is 5.69 Å². The first kappa shape index (κ1) is 14.6. The Kier molecular flexibility index (Phi) is 4.27. The van der Waals surface area contributed by atoms with E-state index in [4.69, 9.17) is 14.6 Å². The summed E-state index contributed by atoms with van der Waals surface area (Å²) < 4.78 is 10.4. The summed E-state index contributed by atoms with van der Waals surface area (Å²) in [5, 5.41) is 12.1. The number of hydrogen-bond donors (Lipinski definition) is 2. The number of methoxy groups -OCH3 is 2. The topological polar surface area (TPSA) is 80.7 Å². The summed E-state index contributed by atoms with van der Waals surface area (Å²) in [5.41, 5.74) is 1.37. The highest BCUT2D eigenvalue weighted by Crippen LogP contribution is 2.27. The average Bonchev–Trinajstić information content (AvgIpc) is 2.46. The van der Waals surface area contributed by atoms with Crippen LogP contribution >= 0.6 is 0 Å². The predicted octanol–water partition coefficient (Wildman–Crippen LogP) is 2.85. The van der Waals surface area contributed by atoms with Gasteiger partial charge in [-0.15, -0.1) is 0 Å². The molecule has 1 aromatic heterocycles. The molecule has 1 heterocycles. The summed E-state index contributed by atoms with van der Waals surface area (Å²) in [6, 6.07) is 8.49. The van der Waals surface area contributed by atoms with Crippen molar-refractivity contribution in [3.8, 4) is 11.5 Å². The van der Waals surface area contributed by atoms with E-state index >= 15 is 0 Å². The molecule has 0 saturated heterocycles. The molecule has 0 aliphatic rings. The Morgan fingerprint density at radius 1 is 1.14 bits per heavy atom. The molecule has 21 heavy (non-hydrogen) atoms. The Morgan fingerprint density at radius 3 is 2.24 bits per heavy atom. The van der Waals surface area contributed by atoms with Gasteiger partial charge in [-0.3, -0.25) is 0 Å². The second-order valence-electron chi connectivity index (χ2n) is 4.36. The van der Waals surface area contributed by atoms with Gasteiger partial charge in [-0.1, -0.05) is 0 Å². The van der Waals surface area contributed by atoms with Crippen LogP contribution in [0.5, 0.6) is 11.5 Å². The van der Waals surface area contributed by atoms with E-state index in [0.29, 0.717) is 23.0 Å². The molecule has 0 bridgehead atoms. The molecule has 0 amide bonds. The van der Waals surface area contributed by atoms with Crippen LogP contribution in [0.15, 0.2) is 30.3 Å². The van der Waals surface area contributed by atoms with Gasteiger partial charge in [0.2, 0.25) is 0 Å². The largest absolute Gasteiger partial charge is 0.497 e. The number of carboxylic acid groups (broad SMARTS) is 1. The molecule has 0 saturated carbocycles. The lowest BCUT2D eigenvalue weighted by atomic mass is 10.2. The van der Waals surface area contributed by atoms with E-state index in [1.54, 1.807) is 45.4 Å². The van der Waals surface area contributed by atoms with Crippen molar-refractivity contribution in [2.24, 2.45) is 0 Å². The van der Waals surface area contributed by atoms with Crippen LogP contribution in [-0.2, 0) is 0 Å². The lowest BCUT2D eigenvalue weighted by Crippen LogP contribution is -2.03. The monoisotopic (exact) mass is 288 g/mol. The standard InChI is InChI=1S/C15H16N2O4/c1-9-13(15(18)19)4-5-14(16-9)17-10-6-11(20-2)8-12(7-10)21-3/h4-8H,1-3H3,(H,16,17)(H,18,19). The Bertz CT molecular complexity index is 648. The fraction of sp³-hybridized carbons (Fsp3) is 0.200. The molecule has 6 heteroatoms. The van der Waals surface area contributed by atoms with Gasteiger partial charge in [0.15, 0.2) is 0 Å². The second-order valence-corrected chi connectivity index (χ2v) is 4.36. The molecule has 0 spiro atoms. The molecule has 0 aliphatic carbocycles. The Morgan fingerprint density at radius 2 is 1.76 bits per heavy atom. The minimum Gasteiger partial charge on any atom is -0.497 e. The number of aromatic nitrogens is 1. The van der Waals surface area contributed by atoms with Gasteiger partial charge in [0.1, 0.15) is 17.3 Å². The van der Waals surface area contributed by atoms with Crippen molar-refractivity contribution in [1.82, 2.24) is 4.98 Å². The third-order valence-corrected chi connectivity index (χ3v) is 2.94. The second kappa shape index (κ2) is 6.13. The number of ether oxygens (including phenoxy) is 2. The zero-order valence-electron chi connectivity index (χ0n) is 12.0. The van der Waals surface area contributed by atoms with E-state index in [2.05, 4.69) is 10.3 Å². The van der Waals surface area contributed by atoms with Gasteiger partial charge >= 0.3 is 5.97 Å². The molecular formula is C15H16N2O4. The number of aromatic carboxylic acids is 1. The highest BCUT2D eigenvalue weighted by Gasteiger charge is 2.09. The molecule has 0 radical (unpaired) electrons. The molecule has 2 rings (SSSR count). The molecule has 0 unspecified atom stereocenters. The third-order valence-electron chi connectivity index (χ3n) is 2.94. The van der Waals surface area contributed by atoms with Crippen LogP contribution in [0.25, 0.3) is 0 Å². The fourth-order valence-electron chi connectivity index (χ4n) is 1.88. The zero-order chi connectivity index (χ0) is 15.4. The summed E-state index contributed by atoms with van der Waals surface area (Å²) in [6.45, 7) is 1.65. The van der Waals surface area contributed by atoms with Crippen LogP contribution in [-0.4, -0.2) is 30.3 Å². The van der Waals surface area contributed by atoms with Crippen LogP contribution in [0.4, 0.5) is 11.5 Å². The van der Waals surface area contributed by atoms with Crippen LogP contribution in [0.2, 0.25) is 0 Å². The number of rotatable bonds is 5. The first-order valence-electron chi connectivity index (χ1n) is 6.24. The van der Waals surface area contributed by atoms with Crippen molar-refractivity contribution >= 4 is 17.5 Å². The van der Waals surface area contributed by atoms with Crippen molar-refractivity contribution in [3.63, 3.8) is 0 Å². The minimum absolute atomic E-state index is 0.184. The molecule has 0 fully saturated rings. The fourth-order valence-corrected chi connectivity index (χ4v) is 1.88.